The van der Waals surface area contributed by atoms with Crippen molar-refractivity contribution in [2.24, 2.45) is 0 Å². The zero-order valence-electron chi connectivity index (χ0n) is 19.7. The van der Waals surface area contributed by atoms with Crippen LogP contribution in [0.15, 0.2) is 48.2 Å². The molecular weight excluding hydrogens is 402 g/mol. The van der Waals surface area contributed by atoms with Crippen LogP contribution in [0.1, 0.15) is 30.5 Å². The lowest BCUT2D eigenvalue weighted by Crippen LogP contribution is -2.47. The van der Waals surface area contributed by atoms with E-state index in [-0.39, 0.29) is 24.0 Å². The first kappa shape index (κ1) is 22.1. The van der Waals surface area contributed by atoms with Crippen LogP contribution in [-0.2, 0) is 14.3 Å². The Balaban J connectivity index is 1.82. The fourth-order valence-electron chi connectivity index (χ4n) is 4.46. The molecule has 0 radical (unpaired) electrons. The SMILES string of the molecule is Cc1ccc(C2=C(N3CC(C)OC(C)C3)C(=O)N(c3ccc(N(C)C)cc3)C2=O)cc1C. The zero-order valence-corrected chi connectivity index (χ0v) is 19.7. The Morgan fingerprint density at radius 1 is 0.875 bits per heavy atom. The molecule has 0 aliphatic carbocycles. The number of imide groups is 1. The highest BCUT2D eigenvalue weighted by molar-refractivity contribution is 6.45. The van der Waals surface area contributed by atoms with E-state index in [1.807, 2.05) is 94.1 Å². The molecule has 0 bridgehead atoms. The van der Waals surface area contributed by atoms with Crippen molar-refractivity contribution in [1.29, 1.82) is 0 Å². The van der Waals surface area contributed by atoms with Gasteiger partial charge < -0.3 is 14.5 Å². The van der Waals surface area contributed by atoms with Crippen LogP contribution in [-0.4, -0.2) is 56.1 Å². The molecular formula is C26H31N3O3. The molecule has 168 valence electrons. The van der Waals surface area contributed by atoms with Crippen LogP contribution in [0.4, 0.5) is 11.4 Å². The van der Waals surface area contributed by atoms with Crippen molar-refractivity contribution in [3.05, 3.63) is 64.9 Å². The Hall–Kier alpha value is -3.12. The maximum atomic E-state index is 13.7. The number of ether oxygens (including phenoxy) is 1. The maximum absolute atomic E-state index is 13.7. The van der Waals surface area contributed by atoms with Crippen molar-refractivity contribution < 1.29 is 14.3 Å². The van der Waals surface area contributed by atoms with E-state index < -0.39 is 0 Å². The lowest BCUT2D eigenvalue weighted by Gasteiger charge is -2.37. The van der Waals surface area contributed by atoms with Crippen LogP contribution in [0.2, 0.25) is 0 Å². The molecule has 0 spiro atoms. The van der Waals surface area contributed by atoms with Crippen LogP contribution < -0.4 is 9.80 Å². The van der Waals surface area contributed by atoms with Crippen LogP contribution in [0.5, 0.6) is 0 Å². The van der Waals surface area contributed by atoms with E-state index in [1.54, 1.807) is 0 Å². The Kier molecular flexibility index (Phi) is 5.82. The predicted molar refractivity (Wildman–Crippen MR) is 128 cm³/mol. The van der Waals surface area contributed by atoms with Gasteiger partial charge in [0, 0.05) is 32.9 Å². The van der Waals surface area contributed by atoms with Gasteiger partial charge in [0.25, 0.3) is 11.8 Å². The fourth-order valence-corrected chi connectivity index (χ4v) is 4.46. The molecule has 6 nitrogen and oxygen atoms in total. The third kappa shape index (κ3) is 3.91. The van der Waals surface area contributed by atoms with Crippen molar-refractivity contribution in [2.45, 2.75) is 39.9 Å². The molecule has 1 fully saturated rings. The summed E-state index contributed by atoms with van der Waals surface area (Å²) in [5.74, 6) is -0.556. The molecule has 6 heteroatoms. The van der Waals surface area contributed by atoms with Crippen molar-refractivity contribution in [3.63, 3.8) is 0 Å². The normalized spacial score (nSPS) is 21.6. The first-order valence-electron chi connectivity index (χ1n) is 11.1. The predicted octanol–water partition coefficient (Wildman–Crippen LogP) is 3.76. The Morgan fingerprint density at radius 3 is 2.06 bits per heavy atom. The fraction of sp³-hybridized carbons (Fsp3) is 0.385. The largest absolute Gasteiger partial charge is 0.378 e. The zero-order chi connectivity index (χ0) is 23.2. The summed E-state index contributed by atoms with van der Waals surface area (Å²) < 4.78 is 5.88. The van der Waals surface area contributed by atoms with Gasteiger partial charge in [-0.05, 0) is 68.7 Å². The van der Waals surface area contributed by atoms with Gasteiger partial charge in [-0.25, -0.2) is 4.90 Å². The summed E-state index contributed by atoms with van der Waals surface area (Å²) in [6, 6.07) is 13.4. The molecule has 0 saturated carbocycles. The van der Waals surface area contributed by atoms with Gasteiger partial charge in [-0.15, -0.1) is 0 Å². The van der Waals surface area contributed by atoms with Crippen LogP contribution in [0.3, 0.4) is 0 Å². The van der Waals surface area contributed by atoms with Crippen LogP contribution in [0, 0.1) is 13.8 Å². The van der Waals surface area contributed by atoms with Gasteiger partial charge in [-0.2, -0.15) is 0 Å². The molecule has 2 unspecified atom stereocenters. The van der Waals surface area contributed by atoms with Gasteiger partial charge in [0.15, 0.2) is 0 Å². The number of nitrogens with zero attached hydrogens (tertiary/aromatic N) is 3. The number of carbonyl (C=O) groups excluding carboxylic acids is 2. The number of rotatable bonds is 4. The highest BCUT2D eigenvalue weighted by atomic mass is 16.5. The first-order chi connectivity index (χ1) is 15.2. The second-order valence-corrected chi connectivity index (χ2v) is 9.04. The Bertz CT molecular complexity index is 1080. The summed E-state index contributed by atoms with van der Waals surface area (Å²) in [5, 5.41) is 0. The number of hydrogen-bond acceptors (Lipinski definition) is 5. The molecule has 2 aromatic carbocycles. The van der Waals surface area contributed by atoms with Crippen molar-refractivity contribution >= 4 is 28.8 Å². The topological polar surface area (TPSA) is 53.1 Å². The molecule has 2 amide bonds. The van der Waals surface area contributed by atoms with Crippen LogP contribution >= 0.6 is 0 Å². The van der Waals surface area contributed by atoms with Crippen molar-refractivity contribution in [2.75, 3.05) is 37.0 Å². The summed E-state index contributed by atoms with van der Waals surface area (Å²) in [5.41, 5.74) is 5.54. The summed E-state index contributed by atoms with van der Waals surface area (Å²) in [4.78, 5) is 32.8. The van der Waals surface area contributed by atoms with E-state index in [0.29, 0.717) is 30.0 Å². The van der Waals surface area contributed by atoms with E-state index in [4.69, 9.17) is 4.74 Å². The minimum atomic E-state index is -0.280. The average molecular weight is 434 g/mol. The molecule has 2 aliphatic heterocycles. The summed E-state index contributed by atoms with van der Waals surface area (Å²) in [6.45, 7) is 9.20. The van der Waals surface area contributed by atoms with E-state index in [2.05, 4.69) is 0 Å². The van der Waals surface area contributed by atoms with E-state index in [9.17, 15) is 9.59 Å². The van der Waals surface area contributed by atoms with Crippen LogP contribution in [0.25, 0.3) is 5.57 Å². The molecule has 2 aromatic rings. The first-order valence-corrected chi connectivity index (χ1v) is 11.1. The third-order valence-corrected chi connectivity index (χ3v) is 6.22. The lowest BCUT2D eigenvalue weighted by molar-refractivity contribution is -0.121. The van der Waals surface area contributed by atoms with Gasteiger partial charge in [-0.3, -0.25) is 9.59 Å². The highest BCUT2D eigenvalue weighted by Crippen LogP contribution is 2.36. The third-order valence-electron chi connectivity index (χ3n) is 6.22. The molecule has 1 saturated heterocycles. The summed E-state index contributed by atoms with van der Waals surface area (Å²) in [7, 11) is 3.92. The van der Waals surface area contributed by atoms with E-state index in [0.717, 1.165) is 22.4 Å². The molecule has 0 aromatic heterocycles. The summed E-state index contributed by atoms with van der Waals surface area (Å²) >= 11 is 0. The highest BCUT2D eigenvalue weighted by Gasteiger charge is 2.43. The molecule has 32 heavy (non-hydrogen) atoms. The second-order valence-electron chi connectivity index (χ2n) is 9.04. The number of morpholine rings is 1. The van der Waals surface area contributed by atoms with Crippen molar-refractivity contribution in [1.82, 2.24) is 4.90 Å². The molecule has 4 rings (SSSR count). The van der Waals surface area contributed by atoms with E-state index in [1.165, 1.54) is 4.90 Å². The monoisotopic (exact) mass is 433 g/mol. The molecule has 2 aliphatic rings. The number of hydrogen-bond donors (Lipinski definition) is 0. The molecule has 2 atom stereocenters. The smallest absolute Gasteiger partial charge is 0.282 e. The Morgan fingerprint density at radius 2 is 1.50 bits per heavy atom. The average Bonchev–Trinajstić information content (AvgIpc) is 2.99. The maximum Gasteiger partial charge on any atom is 0.282 e. The molecule has 2 heterocycles. The van der Waals surface area contributed by atoms with Crippen molar-refractivity contribution in [3.8, 4) is 0 Å². The minimum Gasteiger partial charge on any atom is -0.378 e. The standard InChI is InChI=1S/C26H31N3O3/c1-16-7-8-20(13-17(16)2)23-24(28-14-18(3)32-19(4)15-28)26(31)29(25(23)30)22-11-9-21(10-12-22)27(5)6/h7-13,18-19H,14-15H2,1-6H3. The molecule has 0 N–H and O–H groups in total. The van der Waals surface area contributed by atoms with E-state index >= 15 is 0 Å². The summed E-state index contributed by atoms with van der Waals surface area (Å²) in [6.07, 6.45) is -0.0489. The lowest BCUT2D eigenvalue weighted by atomic mass is 9.99. The number of aryl methyl sites for hydroxylation is 2. The van der Waals surface area contributed by atoms with Gasteiger partial charge in [-0.1, -0.05) is 18.2 Å². The number of carbonyl (C=O) groups is 2. The number of benzene rings is 2. The number of anilines is 2. The number of amides is 2. The quantitative estimate of drug-likeness (QED) is 0.687. The second kappa shape index (κ2) is 8.43. The Labute approximate surface area is 190 Å². The van der Waals surface area contributed by atoms with Gasteiger partial charge in [0.05, 0.1) is 23.5 Å². The van der Waals surface area contributed by atoms with Gasteiger partial charge in [0.2, 0.25) is 0 Å². The van der Waals surface area contributed by atoms with Gasteiger partial charge in [0.1, 0.15) is 5.70 Å². The van der Waals surface area contributed by atoms with Gasteiger partial charge >= 0.3 is 0 Å². The minimum absolute atomic E-state index is 0.0245.